The fraction of sp³-hybridized carbons (Fsp3) is 0.364. The number of nitrogens with two attached hydrogens (primary N) is 1. The number of amides is 1. The number of nitrogens with zero attached hydrogens (tertiary/aromatic N) is 1. The Kier molecular flexibility index (Phi) is 2.70. The van der Waals surface area contributed by atoms with Gasteiger partial charge in [0.25, 0.3) is 0 Å². The van der Waals surface area contributed by atoms with Gasteiger partial charge in [0.1, 0.15) is 0 Å². The lowest BCUT2D eigenvalue weighted by molar-refractivity contribution is -0.117. The summed E-state index contributed by atoms with van der Waals surface area (Å²) in [6.45, 7) is 0.471. The zero-order valence-electron chi connectivity index (χ0n) is 8.69. The first-order valence-corrected chi connectivity index (χ1v) is 4.93. The highest BCUT2D eigenvalue weighted by Crippen LogP contribution is 2.31. The van der Waals surface area contributed by atoms with Crippen LogP contribution in [-0.4, -0.2) is 19.6 Å². The van der Waals surface area contributed by atoms with Gasteiger partial charge in [0.15, 0.2) is 0 Å². The van der Waals surface area contributed by atoms with Gasteiger partial charge in [-0.2, -0.15) is 0 Å². The molecular weight excluding hydrogens is 192 g/mol. The molecule has 1 aromatic carbocycles. The highest BCUT2D eigenvalue weighted by atomic mass is 16.6. The maximum Gasteiger partial charge on any atom is 0.231 e. The molecular formula is C11H14N2O2. The van der Waals surface area contributed by atoms with E-state index in [-0.39, 0.29) is 5.91 Å². The maximum absolute atomic E-state index is 11.5. The lowest BCUT2D eigenvalue weighted by atomic mass is 10.1. The first-order chi connectivity index (χ1) is 7.24. The van der Waals surface area contributed by atoms with Crippen LogP contribution in [0.2, 0.25) is 0 Å². The third kappa shape index (κ3) is 1.73. The number of hydrogen-bond donors (Lipinski definition) is 1. The van der Waals surface area contributed by atoms with E-state index in [9.17, 15) is 4.79 Å². The highest BCUT2D eigenvalue weighted by molar-refractivity contribution is 6.01. The molecule has 0 fully saturated rings. The Bertz CT molecular complexity index is 390. The molecule has 0 saturated heterocycles. The van der Waals surface area contributed by atoms with Crippen LogP contribution in [0.1, 0.15) is 11.1 Å². The van der Waals surface area contributed by atoms with Crippen LogP contribution in [0.3, 0.4) is 0 Å². The number of likely N-dealkylation sites (N-methyl/N-ethyl adjacent to an activating group) is 1. The molecule has 0 spiro atoms. The molecule has 1 aliphatic heterocycles. The van der Waals surface area contributed by atoms with E-state index >= 15 is 0 Å². The van der Waals surface area contributed by atoms with Crippen LogP contribution >= 0.6 is 0 Å². The van der Waals surface area contributed by atoms with Crippen LogP contribution in [0, 0.1) is 0 Å². The van der Waals surface area contributed by atoms with Gasteiger partial charge < -0.3 is 9.74 Å². The summed E-state index contributed by atoms with van der Waals surface area (Å²) in [5.74, 6) is 5.15. The molecule has 0 saturated carbocycles. The van der Waals surface area contributed by atoms with Crippen LogP contribution in [0.4, 0.5) is 5.69 Å². The number of carbonyl (C=O) groups is 1. The van der Waals surface area contributed by atoms with Gasteiger partial charge in [-0.1, -0.05) is 18.2 Å². The van der Waals surface area contributed by atoms with Crippen molar-refractivity contribution >= 4 is 11.6 Å². The van der Waals surface area contributed by atoms with E-state index in [1.165, 1.54) is 0 Å². The largest absolute Gasteiger partial charge is 0.315 e. The summed E-state index contributed by atoms with van der Waals surface area (Å²) in [5.41, 5.74) is 3.24. The second-order valence-corrected chi connectivity index (χ2v) is 3.68. The summed E-state index contributed by atoms with van der Waals surface area (Å²) < 4.78 is 0. The minimum Gasteiger partial charge on any atom is -0.315 e. The second kappa shape index (κ2) is 4.00. The summed E-state index contributed by atoms with van der Waals surface area (Å²) in [7, 11) is 1.81. The smallest absolute Gasteiger partial charge is 0.231 e. The standard InChI is InChI=1S/C11H14N2O2/c1-13-10(14)7-9-4-2-3-8(11(9)13)5-6-15-12/h2-4H,5-7,12H2,1H3. The number of hydrogen-bond acceptors (Lipinski definition) is 3. The van der Waals surface area contributed by atoms with Gasteiger partial charge in [0.2, 0.25) is 5.91 Å². The summed E-state index contributed by atoms with van der Waals surface area (Å²) in [4.78, 5) is 17.8. The van der Waals surface area contributed by atoms with E-state index < -0.39 is 0 Å². The first-order valence-electron chi connectivity index (χ1n) is 4.93. The van der Waals surface area contributed by atoms with Gasteiger partial charge in [-0.15, -0.1) is 0 Å². The molecule has 1 amide bonds. The molecule has 0 bridgehead atoms. The fourth-order valence-corrected chi connectivity index (χ4v) is 1.99. The monoisotopic (exact) mass is 206 g/mol. The minimum atomic E-state index is 0.145. The molecule has 1 aliphatic rings. The van der Waals surface area contributed by atoms with E-state index in [4.69, 9.17) is 5.90 Å². The third-order valence-corrected chi connectivity index (χ3v) is 2.74. The predicted octanol–water partition coefficient (Wildman–Crippen LogP) is 0.638. The Labute approximate surface area is 88.6 Å². The highest BCUT2D eigenvalue weighted by Gasteiger charge is 2.25. The summed E-state index contributed by atoms with van der Waals surface area (Å²) in [6, 6.07) is 5.97. The normalized spacial score (nSPS) is 14.5. The average Bonchev–Trinajstić information content (AvgIpc) is 2.53. The maximum atomic E-state index is 11.5. The number of carbonyl (C=O) groups excluding carboxylic acids is 1. The molecule has 0 unspecified atom stereocenters. The number of fused-ring (bicyclic) bond motifs is 1. The molecule has 0 aliphatic carbocycles. The molecule has 2 N–H and O–H groups in total. The molecule has 80 valence electrons. The molecule has 0 aromatic heterocycles. The molecule has 0 atom stereocenters. The van der Waals surface area contributed by atoms with Gasteiger partial charge >= 0.3 is 0 Å². The zero-order chi connectivity index (χ0) is 10.8. The number of para-hydroxylation sites is 1. The van der Waals surface area contributed by atoms with Crippen molar-refractivity contribution in [2.24, 2.45) is 5.90 Å². The Morgan fingerprint density at radius 2 is 2.33 bits per heavy atom. The van der Waals surface area contributed by atoms with Crippen molar-refractivity contribution in [3.63, 3.8) is 0 Å². The summed E-state index contributed by atoms with van der Waals surface area (Å²) in [5, 5.41) is 0. The van der Waals surface area contributed by atoms with Crippen molar-refractivity contribution in [3.8, 4) is 0 Å². The van der Waals surface area contributed by atoms with E-state index in [0.29, 0.717) is 13.0 Å². The van der Waals surface area contributed by atoms with Gasteiger partial charge in [-0.05, 0) is 17.5 Å². The van der Waals surface area contributed by atoms with Crippen molar-refractivity contribution in [1.82, 2.24) is 0 Å². The van der Waals surface area contributed by atoms with Crippen molar-refractivity contribution in [2.45, 2.75) is 12.8 Å². The molecule has 1 aromatic rings. The van der Waals surface area contributed by atoms with E-state index in [1.54, 1.807) is 11.9 Å². The lowest BCUT2D eigenvalue weighted by Crippen LogP contribution is -2.21. The summed E-state index contributed by atoms with van der Waals surface area (Å²) in [6.07, 6.45) is 1.24. The molecule has 2 rings (SSSR count). The van der Waals surface area contributed by atoms with E-state index in [0.717, 1.165) is 23.2 Å². The Balaban J connectivity index is 2.34. The first kappa shape index (κ1) is 10.1. The molecule has 4 nitrogen and oxygen atoms in total. The van der Waals surface area contributed by atoms with Crippen LogP contribution < -0.4 is 10.8 Å². The Hall–Kier alpha value is -1.39. The molecule has 0 radical (unpaired) electrons. The van der Waals surface area contributed by atoms with Crippen LogP contribution in [0.5, 0.6) is 0 Å². The topological polar surface area (TPSA) is 55.6 Å². The summed E-state index contributed by atoms with van der Waals surface area (Å²) >= 11 is 0. The predicted molar refractivity (Wildman–Crippen MR) is 57.4 cm³/mol. The number of benzene rings is 1. The Morgan fingerprint density at radius 3 is 3.07 bits per heavy atom. The third-order valence-electron chi connectivity index (χ3n) is 2.74. The van der Waals surface area contributed by atoms with Crippen molar-refractivity contribution < 1.29 is 9.63 Å². The molecule has 15 heavy (non-hydrogen) atoms. The van der Waals surface area contributed by atoms with Gasteiger partial charge in [-0.3, -0.25) is 4.79 Å². The second-order valence-electron chi connectivity index (χ2n) is 3.68. The fourth-order valence-electron chi connectivity index (χ4n) is 1.99. The van der Waals surface area contributed by atoms with Crippen molar-refractivity contribution in [3.05, 3.63) is 29.3 Å². The van der Waals surface area contributed by atoms with Gasteiger partial charge in [0.05, 0.1) is 18.7 Å². The van der Waals surface area contributed by atoms with Crippen LogP contribution in [0.15, 0.2) is 18.2 Å². The molecule has 1 heterocycles. The number of rotatable bonds is 3. The van der Waals surface area contributed by atoms with Crippen molar-refractivity contribution in [2.75, 3.05) is 18.6 Å². The SMILES string of the molecule is CN1C(=O)Cc2cccc(CCON)c21. The quantitative estimate of drug-likeness (QED) is 0.738. The van der Waals surface area contributed by atoms with Crippen LogP contribution in [-0.2, 0) is 22.5 Å². The van der Waals surface area contributed by atoms with Crippen molar-refractivity contribution in [1.29, 1.82) is 0 Å². The van der Waals surface area contributed by atoms with E-state index in [2.05, 4.69) is 4.84 Å². The van der Waals surface area contributed by atoms with E-state index in [1.807, 2.05) is 18.2 Å². The average molecular weight is 206 g/mol. The van der Waals surface area contributed by atoms with Gasteiger partial charge in [0, 0.05) is 7.05 Å². The lowest BCUT2D eigenvalue weighted by Gasteiger charge is -2.14. The van der Waals surface area contributed by atoms with Gasteiger partial charge in [-0.25, -0.2) is 5.90 Å². The molecule has 4 heteroatoms. The number of anilines is 1. The van der Waals surface area contributed by atoms with Crippen LogP contribution in [0.25, 0.3) is 0 Å². The minimum absolute atomic E-state index is 0.145. The Morgan fingerprint density at radius 1 is 1.53 bits per heavy atom. The zero-order valence-corrected chi connectivity index (χ0v) is 8.69.